The van der Waals surface area contributed by atoms with Crippen molar-refractivity contribution < 1.29 is 19.4 Å². The van der Waals surface area contributed by atoms with Gasteiger partial charge in [0.15, 0.2) is 0 Å². The second-order valence-electron chi connectivity index (χ2n) is 6.08. The lowest BCUT2D eigenvalue weighted by Crippen LogP contribution is -2.32. The van der Waals surface area contributed by atoms with Crippen LogP contribution in [0.4, 0.5) is 5.69 Å². The maximum Gasteiger partial charge on any atom is 0.329 e. The molecule has 0 unspecified atom stereocenters. The Bertz CT molecular complexity index is 1080. The van der Waals surface area contributed by atoms with Crippen LogP contribution in [0.2, 0.25) is 0 Å². The van der Waals surface area contributed by atoms with Crippen LogP contribution in [0.15, 0.2) is 59.7 Å². The van der Waals surface area contributed by atoms with Crippen molar-refractivity contribution in [3.63, 3.8) is 0 Å². The maximum atomic E-state index is 12.1. The minimum Gasteiger partial charge on any atom is -0.507 e. The van der Waals surface area contributed by atoms with Gasteiger partial charge >= 0.3 is 11.8 Å². The standard InChI is InChI=1S/C21H19N3O4/c1-13-7-10-19(28-2)17(11-13)23-20(26)21(27)24-22-12-16-15-6-4-3-5-14(15)8-9-18(16)25/h3-12,25H,1-2H3,(H,23,26)(H,24,27)/b22-12-. The van der Waals surface area contributed by atoms with Crippen molar-refractivity contribution in [2.45, 2.75) is 6.92 Å². The second kappa shape index (κ2) is 8.22. The molecule has 0 radical (unpaired) electrons. The predicted octanol–water partition coefficient (Wildman–Crippen LogP) is 2.95. The predicted molar refractivity (Wildman–Crippen MR) is 108 cm³/mol. The van der Waals surface area contributed by atoms with E-state index in [1.165, 1.54) is 13.3 Å². The van der Waals surface area contributed by atoms with Gasteiger partial charge in [0.2, 0.25) is 0 Å². The number of nitrogens with one attached hydrogen (secondary N) is 2. The number of carbonyl (C=O) groups excluding carboxylic acids is 2. The molecule has 142 valence electrons. The van der Waals surface area contributed by atoms with Gasteiger partial charge in [0.05, 0.1) is 19.0 Å². The van der Waals surface area contributed by atoms with E-state index >= 15 is 0 Å². The molecule has 0 aliphatic carbocycles. The number of methoxy groups -OCH3 is 1. The molecule has 0 saturated carbocycles. The average molecular weight is 377 g/mol. The number of carbonyl (C=O) groups is 2. The summed E-state index contributed by atoms with van der Waals surface area (Å²) < 4.78 is 5.17. The van der Waals surface area contributed by atoms with Gasteiger partial charge in [-0.2, -0.15) is 5.10 Å². The first kappa shape index (κ1) is 18.9. The zero-order valence-electron chi connectivity index (χ0n) is 15.4. The first-order valence-electron chi connectivity index (χ1n) is 8.49. The van der Waals surface area contributed by atoms with Crippen LogP contribution in [0.25, 0.3) is 10.8 Å². The highest BCUT2D eigenvalue weighted by molar-refractivity contribution is 6.39. The third-order valence-electron chi connectivity index (χ3n) is 4.12. The van der Waals surface area contributed by atoms with Crippen molar-refractivity contribution >= 4 is 34.5 Å². The Labute approximate surface area is 161 Å². The number of benzene rings is 3. The maximum absolute atomic E-state index is 12.1. The number of aromatic hydroxyl groups is 1. The molecule has 3 aromatic carbocycles. The first-order chi connectivity index (χ1) is 13.5. The SMILES string of the molecule is COc1ccc(C)cc1NC(=O)C(=O)N/N=C\c1c(O)ccc2ccccc12. The van der Waals surface area contributed by atoms with Crippen LogP contribution in [0, 0.1) is 6.92 Å². The van der Waals surface area contributed by atoms with Crippen molar-refractivity contribution in [3.05, 3.63) is 65.7 Å². The monoisotopic (exact) mass is 377 g/mol. The Hall–Kier alpha value is -3.87. The number of phenolic OH excluding ortho intramolecular Hbond substituents is 1. The van der Waals surface area contributed by atoms with Gasteiger partial charge in [-0.15, -0.1) is 0 Å². The van der Waals surface area contributed by atoms with E-state index in [9.17, 15) is 14.7 Å². The van der Waals surface area contributed by atoms with Crippen LogP contribution >= 0.6 is 0 Å². The number of ether oxygens (including phenoxy) is 1. The lowest BCUT2D eigenvalue weighted by atomic mass is 10.0. The summed E-state index contributed by atoms with van der Waals surface area (Å²) in [5.41, 5.74) is 3.90. The number of hydrazone groups is 1. The molecule has 3 N–H and O–H groups in total. The largest absolute Gasteiger partial charge is 0.507 e. The number of aryl methyl sites for hydroxylation is 1. The average Bonchev–Trinajstić information content (AvgIpc) is 2.69. The molecule has 3 rings (SSSR count). The summed E-state index contributed by atoms with van der Waals surface area (Å²) in [6.45, 7) is 1.86. The van der Waals surface area contributed by atoms with E-state index in [1.807, 2.05) is 37.3 Å². The van der Waals surface area contributed by atoms with Crippen LogP contribution in [0.5, 0.6) is 11.5 Å². The van der Waals surface area contributed by atoms with Crippen LogP contribution in [0.1, 0.15) is 11.1 Å². The van der Waals surface area contributed by atoms with Gasteiger partial charge < -0.3 is 15.2 Å². The topological polar surface area (TPSA) is 100 Å². The fourth-order valence-electron chi connectivity index (χ4n) is 2.72. The van der Waals surface area contributed by atoms with Crippen LogP contribution < -0.4 is 15.5 Å². The van der Waals surface area contributed by atoms with Crippen LogP contribution in [-0.4, -0.2) is 30.2 Å². The molecule has 0 aliphatic heterocycles. The first-order valence-corrected chi connectivity index (χ1v) is 8.49. The van der Waals surface area contributed by atoms with Crippen molar-refractivity contribution in [2.24, 2.45) is 5.10 Å². The summed E-state index contributed by atoms with van der Waals surface area (Å²) in [6, 6.07) is 16.0. The highest BCUT2D eigenvalue weighted by Crippen LogP contribution is 2.26. The molecule has 28 heavy (non-hydrogen) atoms. The minimum absolute atomic E-state index is 0.0191. The number of hydrogen-bond donors (Lipinski definition) is 3. The molecule has 7 nitrogen and oxygen atoms in total. The second-order valence-corrected chi connectivity index (χ2v) is 6.08. The number of nitrogens with zero attached hydrogens (tertiary/aromatic N) is 1. The van der Waals surface area contributed by atoms with Gasteiger partial charge in [-0.25, -0.2) is 5.43 Å². The van der Waals surface area contributed by atoms with E-state index < -0.39 is 11.8 Å². The lowest BCUT2D eigenvalue weighted by molar-refractivity contribution is -0.136. The van der Waals surface area contributed by atoms with Crippen molar-refractivity contribution in [3.8, 4) is 11.5 Å². The zero-order chi connectivity index (χ0) is 20.1. The third-order valence-corrected chi connectivity index (χ3v) is 4.12. The molecule has 3 aromatic rings. The summed E-state index contributed by atoms with van der Waals surface area (Å²) >= 11 is 0. The summed E-state index contributed by atoms with van der Waals surface area (Å²) in [4.78, 5) is 24.1. The summed E-state index contributed by atoms with van der Waals surface area (Å²) in [7, 11) is 1.47. The third kappa shape index (κ3) is 4.09. The molecular formula is C21H19N3O4. The highest BCUT2D eigenvalue weighted by Gasteiger charge is 2.15. The Morgan fingerprint density at radius 2 is 1.86 bits per heavy atom. The van der Waals surface area contributed by atoms with E-state index in [0.29, 0.717) is 17.0 Å². The molecule has 0 aliphatic rings. The zero-order valence-corrected chi connectivity index (χ0v) is 15.4. The van der Waals surface area contributed by atoms with Gasteiger partial charge in [0.1, 0.15) is 11.5 Å². The molecule has 0 bridgehead atoms. The smallest absolute Gasteiger partial charge is 0.329 e. The number of rotatable bonds is 4. The van der Waals surface area contributed by atoms with Gasteiger partial charge in [-0.1, -0.05) is 36.4 Å². The van der Waals surface area contributed by atoms with Gasteiger partial charge in [-0.05, 0) is 41.5 Å². The summed E-state index contributed by atoms with van der Waals surface area (Å²) in [6.07, 6.45) is 1.30. The number of phenols is 1. The Morgan fingerprint density at radius 3 is 2.64 bits per heavy atom. The van der Waals surface area contributed by atoms with Gasteiger partial charge in [0.25, 0.3) is 0 Å². The van der Waals surface area contributed by atoms with Crippen molar-refractivity contribution in [1.29, 1.82) is 0 Å². The van der Waals surface area contributed by atoms with Gasteiger partial charge in [0, 0.05) is 5.56 Å². The molecular weight excluding hydrogens is 358 g/mol. The molecule has 0 spiro atoms. The fraction of sp³-hybridized carbons (Fsp3) is 0.0952. The molecule has 7 heteroatoms. The number of amides is 2. The molecule has 0 saturated heterocycles. The quantitative estimate of drug-likeness (QED) is 0.370. The number of fused-ring (bicyclic) bond motifs is 1. The van der Waals surface area contributed by atoms with Crippen molar-refractivity contribution in [2.75, 3.05) is 12.4 Å². The van der Waals surface area contributed by atoms with E-state index in [1.54, 1.807) is 24.3 Å². The molecule has 0 heterocycles. The summed E-state index contributed by atoms with van der Waals surface area (Å²) in [5.74, 6) is -1.37. The van der Waals surface area contributed by atoms with E-state index in [0.717, 1.165) is 16.3 Å². The highest BCUT2D eigenvalue weighted by atomic mass is 16.5. The Kier molecular flexibility index (Phi) is 5.55. The van der Waals surface area contributed by atoms with Crippen LogP contribution in [0.3, 0.4) is 0 Å². The van der Waals surface area contributed by atoms with E-state index in [-0.39, 0.29) is 5.75 Å². The Morgan fingerprint density at radius 1 is 1.07 bits per heavy atom. The Balaban J connectivity index is 1.72. The lowest BCUT2D eigenvalue weighted by Gasteiger charge is -2.10. The van der Waals surface area contributed by atoms with E-state index in [2.05, 4.69) is 15.8 Å². The fourth-order valence-corrected chi connectivity index (χ4v) is 2.72. The van der Waals surface area contributed by atoms with Crippen LogP contribution in [-0.2, 0) is 9.59 Å². The molecule has 0 aromatic heterocycles. The van der Waals surface area contributed by atoms with Crippen molar-refractivity contribution in [1.82, 2.24) is 5.43 Å². The van der Waals surface area contributed by atoms with Gasteiger partial charge in [-0.3, -0.25) is 9.59 Å². The molecule has 0 atom stereocenters. The minimum atomic E-state index is -0.945. The molecule has 0 fully saturated rings. The molecule has 2 amide bonds. The number of hydrogen-bond acceptors (Lipinski definition) is 5. The number of anilines is 1. The summed E-state index contributed by atoms with van der Waals surface area (Å²) in [5, 5.41) is 18.0. The normalized spacial score (nSPS) is 10.8. The van der Waals surface area contributed by atoms with E-state index in [4.69, 9.17) is 4.74 Å².